The molecule has 0 N–H and O–H groups in total. The van der Waals surface area contributed by atoms with Crippen LogP contribution in [0.2, 0.25) is 0 Å². The molecule has 4 rings (SSSR count). The zero-order chi connectivity index (χ0) is 22.8. The van der Waals surface area contributed by atoms with E-state index in [1.165, 1.54) is 16.8 Å². The van der Waals surface area contributed by atoms with Crippen molar-refractivity contribution in [3.8, 4) is 0 Å². The van der Waals surface area contributed by atoms with Crippen LogP contribution in [0, 0.1) is 29.8 Å². The van der Waals surface area contributed by atoms with Crippen molar-refractivity contribution in [2.24, 2.45) is 0 Å². The van der Waals surface area contributed by atoms with Crippen LogP contribution in [-0.2, 0) is 13.2 Å². The van der Waals surface area contributed by atoms with Gasteiger partial charge in [0, 0.05) is 38.9 Å². The Morgan fingerprint density at radius 2 is 1.78 bits per heavy atom. The van der Waals surface area contributed by atoms with Crippen molar-refractivity contribution in [2.75, 3.05) is 26.2 Å². The molecule has 0 aliphatic carbocycles. The molecule has 11 heteroatoms. The maximum Gasteiger partial charge on any atom is 0.312 e. The first-order valence-electron chi connectivity index (χ1n) is 10.3. The van der Waals surface area contributed by atoms with Crippen LogP contribution in [0.1, 0.15) is 27.4 Å². The van der Waals surface area contributed by atoms with E-state index in [9.17, 15) is 19.3 Å². The minimum Gasteiger partial charge on any atom is -0.335 e. The van der Waals surface area contributed by atoms with E-state index in [0.717, 1.165) is 18.7 Å². The monoisotopic (exact) mass is 441 g/mol. The molecule has 168 valence electrons. The second kappa shape index (κ2) is 8.87. The van der Waals surface area contributed by atoms with E-state index in [2.05, 4.69) is 15.1 Å². The molecule has 0 unspecified atom stereocenters. The van der Waals surface area contributed by atoms with Gasteiger partial charge < -0.3 is 4.90 Å². The van der Waals surface area contributed by atoms with Gasteiger partial charge in [0.25, 0.3) is 5.91 Å². The third-order valence-electron chi connectivity index (χ3n) is 5.64. The number of rotatable bonds is 6. The summed E-state index contributed by atoms with van der Waals surface area (Å²) in [6, 6.07) is 8.10. The molecule has 1 aromatic carbocycles. The van der Waals surface area contributed by atoms with Gasteiger partial charge in [0.2, 0.25) is 0 Å². The SMILES string of the molecule is Cc1nn(Cn2ccc(C(=O)N3CCN(Cc4ccc(F)cc4)CC3)n2)c(C)c1[N+](=O)[O-]. The third-order valence-corrected chi connectivity index (χ3v) is 5.64. The van der Waals surface area contributed by atoms with Crippen molar-refractivity contribution in [1.29, 1.82) is 0 Å². The summed E-state index contributed by atoms with van der Waals surface area (Å²) in [6.45, 7) is 6.73. The number of piperazine rings is 1. The molecule has 0 saturated carbocycles. The Labute approximate surface area is 184 Å². The van der Waals surface area contributed by atoms with Crippen molar-refractivity contribution in [3.63, 3.8) is 0 Å². The van der Waals surface area contributed by atoms with Crippen LogP contribution in [0.25, 0.3) is 0 Å². The molecule has 3 aromatic rings. The summed E-state index contributed by atoms with van der Waals surface area (Å²) in [7, 11) is 0. The molecule has 0 radical (unpaired) electrons. The van der Waals surface area contributed by atoms with E-state index in [0.29, 0.717) is 36.7 Å². The Balaban J connectivity index is 1.35. The predicted octanol–water partition coefficient (Wildman–Crippen LogP) is 2.21. The van der Waals surface area contributed by atoms with E-state index in [-0.39, 0.29) is 24.1 Å². The molecule has 32 heavy (non-hydrogen) atoms. The highest BCUT2D eigenvalue weighted by Crippen LogP contribution is 2.21. The normalized spacial score (nSPS) is 14.7. The molecule has 1 amide bonds. The first kappa shape index (κ1) is 21.6. The van der Waals surface area contributed by atoms with Crippen LogP contribution in [0.3, 0.4) is 0 Å². The summed E-state index contributed by atoms with van der Waals surface area (Å²) < 4.78 is 16.1. The molecule has 1 aliphatic rings. The predicted molar refractivity (Wildman–Crippen MR) is 114 cm³/mol. The molecule has 1 aliphatic heterocycles. The molecule has 1 saturated heterocycles. The molecule has 0 bridgehead atoms. The van der Waals surface area contributed by atoms with Crippen LogP contribution in [0.4, 0.5) is 10.1 Å². The van der Waals surface area contributed by atoms with E-state index in [1.807, 2.05) is 0 Å². The van der Waals surface area contributed by atoms with Gasteiger partial charge in [-0.25, -0.2) is 9.07 Å². The van der Waals surface area contributed by atoms with Crippen molar-refractivity contribution in [3.05, 3.63) is 75.1 Å². The van der Waals surface area contributed by atoms with E-state index >= 15 is 0 Å². The Hall–Kier alpha value is -3.60. The van der Waals surface area contributed by atoms with E-state index in [4.69, 9.17) is 0 Å². The lowest BCUT2D eigenvalue weighted by molar-refractivity contribution is -0.386. The first-order chi connectivity index (χ1) is 15.3. The Bertz CT molecular complexity index is 1130. The Morgan fingerprint density at radius 3 is 2.41 bits per heavy atom. The van der Waals surface area contributed by atoms with Gasteiger partial charge >= 0.3 is 5.69 Å². The van der Waals surface area contributed by atoms with Crippen LogP contribution >= 0.6 is 0 Å². The Kier molecular flexibility index (Phi) is 5.99. The van der Waals surface area contributed by atoms with Crippen LogP contribution in [-0.4, -0.2) is 66.4 Å². The largest absolute Gasteiger partial charge is 0.335 e. The fourth-order valence-corrected chi connectivity index (χ4v) is 3.90. The van der Waals surface area contributed by atoms with Crippen LogP contribution in [0.5, 0.6) is 0 Å². The minimum absolute atomic E-state index is 0.00744. The van der Waals surface area contributed by atoms with Gasteiger partial charge in [-0.2, -0.15) is 10.2 Å². The van der Waals surface area contributed by atoms with Crippen LogP contribution in [0.15, 0.2) is 36.5 Å². The summed E-state index contributed by atoms with van der Waals surface area (Å²) in [4.78, 5) is 27.6. The summed E-state index contributed by atoms with van der Waals surface area (Å²) in [5, 5.41) is 19.7. The smallest absolute Gasteiger partial charge is 0.312 e. The zero-order valence-electron chi connectivity index (χ0n) is 17.9. The minimum atomic E-state index is -0.443. The van der Waals surface area contributed by atoms with Crippen molar-refractivity contribution in [1.82, 2.24) is 29.4 Å². The summed E-state index contributed by atoms with van der Waals surface area (Å²) >= 11 is 0. The number of hydrogen-bond acceptors (Lipinski definition) is 6. The topological polar surface area (TPSA) is 102 Å². The number of hydrogen-bond donors (Lipinski definition) is 0. The number of halogens is 1. The lowest BCUT2D eigenvalue weighted by atomic mass is 10.2. The van der Waals surface area contributed by atoms with Crippen molar-refractivity contribution >= 4 is 11.6 Å². The van der Waals surface area contributed by atoms with Gasteiger partial charge in [-0.05, 0) is 37.6 Å². The number of aryl methyl sites for hydroxylation is 1. The average Bonchev–Trinajstić information content (AvgIpc) is 3.34. The average molecular weight is 441 g/mol. The number of nitro groups is 1. The zero-order valence-corrected chi connectivity index (χ0v) is 17.9. The molecule has 10 nitrogen and oxygen atoms in total. The maximum atomic E-state index is 13.1. The highest BCUT2D eigenvalue weighted by molar-refractivity contribution is 5.92. The molecule has 2 aromatic heterocycles. The fourth-order valence-electron chi connectivity index (χ4n) is 3.90. The standard InChI is InChI=1S/C21H24FN7O3/c1-15-20(29(31)32)16(2)28(23-15)14-27-8-7-19(24-27)21(30)26-11-9-25(10-12-26)13-17-3-5-18(22)6-4-17/h3-8H,9-14H2,1-2H3. The second-order valence-corrected chi connectivity index (χ2v) is 7.85. The van der Waals surface area contributed by atoms with Gasteiger partial charge in [-0.1, -0.05) is 12.1 Å². The van der Waals surface area contributed by atoms with Gasteiger partial charge in [-0.15, -0.1) is 0 Å². The quantitative estimate of drug-likeness (QED) is 0.429. The van der Waals surface area contributed by atoms with Gasteiger partial charge in [0.1, 0.15) is 29.6 Å². The summed E-state index contributed by atoms with van der Waals surface area (Å²) in [6.07, 6.45) is 1.67. The number of nitrogens with zero attached hydrogens (tertiary/aromatic N) is 7. The number of carbonyl (C=O) groups excluding carboxylic acids is 1. The fraction of sp³-hybridized carbons (Fsp3) is 0.381. The number of carbonyl (C=O) groups is 1. The molecule has 1 fully saturated rings. The second-order valence-electron chi connectivity index (χ2n) is 7.85. The van der Waals surface area contributed by atoms with Crippen LogP contribution < -0.4 is 0 Å². The van der Waals surface area contributed by atoms with Gasteiger partial charge in [-0.3, -0.25) is 24.5 Å². The van der Waals surface area contributed by atoms with Gasteiger partial charge in [0.05, 0.1) is 4.92 Å². The molecular weight excluding hydrogens is 417 g/mol. The molecule has 3 heterocycles. The lowest BCUT2D eigenvalue weighted by Gasteiger charge is -2.34. The third kappa shape index (κ3) is 4.52. The van der Waals surface area contributed by atoms with Crippen molar-refractivity contribution in [2.45, 2.75) is 27.1 Å². The summed E-state index contributed by atoms with van der Waals surface area (Å²) in [5.74, 6) is -0.399. The number of aromatic nitrogens is 4. The highest BCUT2D eigenvalue weighted by Gasteiger charge is 2.25. The lowest BCUT2D eigenvalue weighted by Crippen LogP contribution is -2.48. The highest BCUT2D eigenvalue weighted by atomic mass is 19.1. The van der Waals surface area contributed by atoms with E-state index < -0.39 is 4.92 Å². The molecule has 0 spiro atoms. The molecule has 0 atom stereocenters. The molecular formula is C21H24FN7O3. The Morgan fingerprint density at radius 1 is 1.09 bits per heavy atom. The van der Waals surface area contributed by atoms with Gasteiger partial charge in [0.15, 0.2) is 0 Å². The first-order valence-corrected chi connectivity index (χ1v) is 10.3. The number of amides is 1. The van der Waals surface area contributed by atoms with E-state index in [1.54, 1.807) is 47.8 Å². The maximum absolute atomic E-state index is 13.1. The summed E-state index contributed by atoms with van der Waals surface area (Å²) in [5.41, 5.74) is 2.14. The van der Waals surface area contributed by atoms with Crippen molar-refractivity contribution < 1.29 is 14.1 Å². The number of benzene rings is 1.